The number of halogens is 2. The van der Waals surface area contributed by atoms with Crippen molar-refractivity contribution in [2.75, 3.05) is 40.8 Å². The number of rotatable bonds is 6. The summed E-state index contributed by atoms with van der Waals surface area (Å²) >= 11 is 5.77. The Morgan fingerprint density at radius 1 is 1.48 bits per heavy atom. The highest BCUT2D eigenvalue weighted by atomic mass is 35.5. The lowest BCUT2D eigenvalue weighted by Crippen LogP contribution is -2.33. The summed E-state index contributed by atoms with van der Waals surface area (Å²) < 4.78 is 13.8. The standard InChI is InChI=1S/C17H25ClFN3O/c1-21(2)8-7-16(23)20-11-13-6-9-22(3)17(13)12-4-5-14(18)15(19)10-12/h4-5,10,13,17H,6-9,11H2,1-3H3,(H,20,23). The molecule has 128 valence electrons. The van der Waals surface area contributed by atoms with Gasteiger partial charge in [-0.15, -0.1) is 0 Å². The number of nitrogens with one attached hydrogen (secondary N) is 1. The predicted molar refractivity (Wildman–Crippen MR) is 91.1 cm³/mol. The first-order valence-corrected chi connectivity index (χ1v) is 8.33. The topological polar surface area (TPSA) is 35.6 Å². The number of nitrogens with zero attached hydrogens (tertiary/aromatic N) is 2. The van der Waals surface area contributed by atoms with Gasteiger partial charge in [0.1, 0.15) is 5.82 Å². The minimum Gasteiger partial charge on any atom is -0.356 e. The molecule has 6 heteroatoms. The number of carbonyl (C=O) groups excluding carboxylic acids is 1. The zero-order valence-corrected chi connectivity index (χ0v) is 14.7. The molecule has 23 heavy (non-hydrogen) atoms. The van der Waals surface area contributed by atoms with Crippen LogP contribution in [0.4, 0.5) is 4.39 Å². The summed E-state index contributed by atoms with van der Waals surface area (Å²) in [6, 6.07) is 5.09. The molecule has 0 aliphatic carbocycles. The average Bonchev–Trinajstić information content (AvgIpc) is 2.87. The zero-order valence-electron chi connectivity index (χ0n) is 14.0. The largest absolute Gasteiger partial charge is 0.356 e. The van der Waals surface area contributed by atoms with Crippen molar-refractivity contribution in [3.63, 3.8) is 0 Å². The number of amides is 1. The smallest absolute Gasteiger partial charge is 0.221 e. The molecule has 1 fully saturated rings. The molecule has 1 aromatic carbocycles. The van der Waals surface area contributed by atoms with E-state index in [-0.39, 0.29) is 22.9 Å². The second kappa shape index (κ2) is 8.08. The fourth-order valence-electron chi connectivity index (χ4n) is 3.12. The molecule has 1 amide bonds. The summed E-state index contributed by atoms with van der Waals surface area (Å²) in [6.45, 7) is 2.29. The second-order valence-electron chi connectivity index (χ2n) is 6.51. The number of hydrogen-bond acceptors (Lipinski definition) is 3. The second-order valence-corrected chi connectivity index (χ2v) is 6.91. The normalized spacial score (nSPS) is 21.8. The Kier molecular flexibility index (Phi) is 6.39. The summed E-state index contributed by atoms with van der Waals surface area (Å²) in [5, 5.41) is 3.16. The van der Waals surface area contributed by atoms with E-state index in [0.29, 0.717) is 13.0 Å². The van der Waals surface area contributed by atoms with Gasteiger partial charge in [0.05, 0.1) is 5.02 Å². The number of hydrogen-bond donors (Lipinski definition) is 1. The van der Waals surface area contributed by atoms with Crippen LogP contribution < -0.4 is 5.32 Å². The van der Waals surface area contributed by atoms with E-state index in [0.717, 1.165) is 25.1 Å². The molecular formula is C17H25ClFN3O. The molecule has 4 nitrogen and oxygen atoms in total. The van der Waals surface area contributed by atoms with Gasteiger partial charge < -0.3 is 10.2 Å². The molecule has 0 aromatic heterocycles. The Balaban J connectivity index is 1.98. The molecular weight excluding hydrogens is 317 g/mol. The van der Waals surface area contributed by atoms with Gasteiger partial charge in [-0.05, 0) is 57.7 Å². The van der Waals surface area contributed by atoms with Crippen molar-refractivity contribution in [2.45, 2.75) is 18.9 Å². The Hall–Kier alpha value is -1.17. The summed E-state index contributed by atoms with van der Waals surface area (Å²) in [4.78, 5) is 16.1. The van der Waals surface area contributed by atoms with Gasteiger partial charge in [0.15, 0.2) is 0 Å². The van der Waals surface area contributed by atoms with E-state index in [4.69, 9.17) is 11.6 Å². The van der Waals surface area contributed by atoms with Crippen LogP contribution in [0.5, 0.6) is 0 Å². The first-order chi connectivity index (χ1) is 10.9. The van der Waals surface area contributed by atoms with Gasteiger partial charge in [0, 0.05) is 25.6 Å². The van der Waals surface area contributed by atoms with E-state index >= 15 is 0 Å². The molecule has 0 saturated carbocycles. The minimum absolute atomic E-state index is 0.0642. The van der Waals surface area contributed by atoms with Crippen molar-refractivity contribution < 1.29 is 9.18 Å². The van der Waals surface area contributed by atoms with Crippen LogP contribution >= 0.6 is 11.6 Å². The van der Waals surface area contributed by atoms with E-state index in [9.17, 15) is 9.18 Å². The monoisotopic (exact) mass is 341 g/mol. The third kappa shape index (κ3) is 4.90. The third-order valence-corrected chi connectivity index (χ3v) is 4.71. The van der Waals surface area contributed by atoms with Gasteiger partial charge in [-0.3, -0.25) is 9.69 Å². The first-order valence-electron chi connectivity index (χ1n) is 7.95. The molecule has 1 heterocycles. The Bertz CT molecular complexity index is 553. The van der Waals surface area contributed by atoms with E-state index < -0.39 is 5.82 Å². The fourth-order valence-corrected chi connectivity index (χ4v) is 3.24. The predicted octanol–water partition coefficient (Wildman–Crippen LogP) is 2.54. The molecule has 1 aliphatic heterocycles. The van der Waals surface area contributed by atoms with Crippen molar-refractivity contribution in [2.24, 2.45) is 5.92 Å². The lowest BCUT2D eigenvalue weighted by molar-refractivity contribution is -0.121. The summed E-state index contributed by atoms with van der Waals surface area (Å²) in [7, 11) is 5.93. The van der Waals surface area contributed by atoms with Crippen molar-refractivity contribution in [1.82, 2.24) is 15.1 Å². The lowest BCUT2D eigenvalue weighted by atomic mass is 9.93. The van der Waals surface area contributed by atoms with Crippen LogP contribution in [-0.4, -0.2) is 56.5 Å². The molecule has 2 atom stereocenters. The molecule has 2 rings (SSSR count). The maximum atomic E-state index is 13.8. The lowest BCUT2D eigenvalue weighted by Gasteiger charge is -2.26. The quantitative estimate of drug-likeness (QED) is 0.863. The van der Waals surface area contributed by atoms with Gasteiger partial charge in [-0.25, -0.2) is 4.39 Å². The third-order valence-electron chi connectivity index (χ3n) is 4.41. The van der Waals surface area contributed by atoms with Crippen molar-refractivity contribution in [3.8, 4) is 0 Å². The molecule has 1 aliphatic rings. The molecule has 2 unspecified atom stereocenters. The number of likely N-dealkylation sites (tertiary alicyclic amines) is 1. The highest BCUT2D eigenvalue weighted by Gasteiger charge is 2.33. The summed E-state index contributed by atoms with van der Waals surface area (Å²) in [5.74, 6) is -0.0450. The molecule has 1 saturated heterocycles. The van der Waals surface area contributed by atoms with Crippen LogP contribution in [-0.2, 0) is 4.79 Å². The highest BCUT2D eigenvalue weighted by Crippen LogP contribution is 2.36. The van der Waals surface area contributed by atoms with E-state index in [2.05, 4.69) is 10.2 Å². The molecule has 0 spiro atoms. The number of benzene rings is 1. The Labute approximate surface area is 142 Å². The van der Waals surface area contributed by atoms with Crippen molar-refractivity contribution in [1.29, 1.82) is 0 Å². The van der Waals surface area contributed by atoms with Gasteiger partial charge >= 0.3 is 0 Å². The molecule has 1 N–H and O–H groups in total. The van der Waals surface area contributed by atoms with Crippen LogP contribution in [0.3, 0.4) is 0 Å². The minimum atomic E-state index is -0.391. The molecule has 1 aromatic rings. The van der Waals surface area contributed by atoms with Crippen LogP contribution in [0.15, 0.2) is 18.2 Å². The van der Waals surface area contributed by atoms with Crippen LogP contribution in [0.25, 0.3) is 0 Å². The Morgan fingerprint density at radius 3 is 2.87 bits per heavy atom. The summed E-state index contributed by atoms with van der Waals surface area (Å²) in [6.07, 6.45) is 1.48. The van der Waals surface area contributed by atoms with E-state index in [1.54, 1.807) is 6.07 Å². The van der Waals surface area contributed by atoms with E-state index in [1.165, 1.54) is 6.07 Å². The first kappa shape index (κ1) is 18.2. The van der Waals surface area contributed by atoms with Gasteiger partial charge in [0.2, 0.25) is 5.91 Å². The van der Waals surface area contributed by atoms with Crippen LogP contribution in [0.1, 0.15) is 24.4 Å². The molecule has 0 bridgehead atoms. The summed E-state index contributed by atoms with van der Waals surface area (Å²) in [5.41, 5.74) is 0.916. The fraction of sp³-hybridized carbons (Fsp3) is 0.588. The number of carbonyl (C=O) groups is 1. The average molecular weight is 342 g/mol. The molecule has 0 radical (unpaired) electrons. The van der Waals surface area contributed by atoms with Gasteiger partial charge in [0.25, 0.3) is 0 Å². The zero-order chi connectivity index (χ0) is 17.0. The maximum absolute atomic E-state index is 13.8. The van der Waals surface area contributed by atoms with Gasteiger partial charge in [-0.1, -0.05) is 17.7 Å². The van der Waals surface area contributed by atoms with Crippen molar-refractivity contribution in [3.05, 3.63) is 34.6 Å². The Morgan fingerprint density at radius 2 is 2.22 bits per heavy atom. The van der Waals surface area contributed by atoms with Crippen molar-refractivity contribution >= 4 is 17.5 Å². The van der Waals surface area contributed by atoms with Gasteiger partial charge in [-0.2, -0.15) is 0 Å². The SMILES string of the molecule is CN(C)CCC(=O)NCC1CCN(C)C1c1ccc(Cl)c(F)c1. The van der Waals surface area contributed by atoms with Crippen LogP contribution in [0, 0.1) is 11.7 Å². The maximum Gasteiger partial charge on any atom is 0.221 e. The van der Waals surface area contributed by atoms with Crippen LogP contribution in [0.2, 0.25) is 5.02 Å². The van der Waals surface area contributed by atoms with E-state index in [1.807, 2.05) is 32.1 Å². The highest BCUT2D eigenvalue weighted by molar-refractivity contribution is 6.30.